The first-order valence-electron chi connectivity index (χ1n) is 6.56. The van der Waals surface area contributed by atoms with Gasteiger partial charge in [-0.1, -0.05) is 30.3 Å². The Morgan fingerprint density at radius 2 is 2.14 bits per heavy atom. The molecule has 0 fully saturated rings. The van der Waals surface area contributed by atoms with Crippen LogP contribution in [-0.4, -0.2) is 37.9 Å². The van der Waals surface area contributed by atoms with Crippen molar-refractivity contribution in [2.45, 2.75) is 31.5 Å². The van der Waals surface area contributed by atoms with Gasteiger partial charge in [-0.2, -0.15) is 4.68 Å². The van der Waals surface area contributed by atoms with Gasteiger partial charge in [0.05, 0.1) is 11.4 Å². The molecule has 0 bridgehead atoms. The third-order valence-electron chi connectivity index (χ3n) is 2.86. The maximum Gasteiger partial charge on any atom is 0.230 e. The van der Waals surface area contributed by atoms with E-state index in [1.807, 2.05) is 26.0 Å². The summed E-state index contributed by atoms with van der Waals surface area (Å²) in [4.78, 5) is 11.8. The number of rotatable bonds is 6. The summed E-state index contributed by atoms with van der Waals surface area (Å²) in [6.07, 6.45) is 0.902. The molecule has 1 unspecified atom stereocenters. The molecule has 1 amide bonds. The molecule has 21 heavy (non-hydrogen) atoms. The molecule has 0 aliphatic rings. The van der Waals surface area contributed by atoms with Gasteiger partial charge in [-0.25, -0.2) is 0 Å². The number of tetrazole rings is 1. The lowest BCUT2D eigenvalue weighted by Gasteiger charge is -2.10. The van der Waals surface area contributed by atoms with Gasteiger partial charge in [-0.05, 0) is 48.0 Å². The monoisotopic (exact) mass is 325 g/mol. The molecule has 1 aromatic carbocycles. The molecule has 1 atom stereocenters. The Morgan fingerprint density at radius 3 is 2.81 bits per heavy atom. The maximum absolute atomic E-state index is 11.8. The predicted molar refractivity (Wildman–Crippen MR) is 82.8 cm³/mol. The minimum atomic E-state index is -0.0278. The quantitative estimate of drug-likeness (QED) is 0.825. The molecule has 1 N–H and O–H groups in total. The summed E-state index contributed by atoms with van der Waals surface area (Å²) in [5.41, 5.74) is 0.800. The molecule has 6 nitrogen and oxygen atoms in total. The molecule has 1 aromatic heterocycles. The number of hydrogen-bond donors (Lipinski definition) is 1. The van der Waals surface area contributed by atoms with Gasteiger partial charge < -0.3 is 5.32 Å². The fourth-order valence-corrected chi connectivity index (χ4v) is 2.39. The van der Waals surface area contributed by atoms with E-state index in [9.17, 15) is 4.79 Å². The lowest BCUT2D eigenvalue weighted by Crippen LogP contribution is -2.33. The number of carbonyl (C=O) groups is 1. The Labute approximate surface area is 132 Å². The number of nitrogens with one attached hydrogen (secondary N) is 1. The summed E-state index contributed by atoms with van der Waals surface area (Å²) in [5.74, 6) is 0.248. The van der Waals surface area contributed by atoms with Gasteiger partial charge in [0, 0.05) is 11.1 Å². The smallest absolute Gasteiger partial charge is 0.230 e. The van der Waals surface area contributed by atoms with Crippen LogP contribution < -0.4 is 5.32 Å². The lowest BCUT2D eigenvalue weighted by molar-refractivity contribution is -0.119. The Hall–Kier alpha value is -1.60. The van der Waals surface area contributed by atoms with Crippen LogP contribution in [0.4, 0.5) is 0 Å². The number of halogens is 1. The first-order valence-corrected chi connectivity index (χ1v) is 7.93. The van der Waals surface area contributed by atoms with Crippen LogP contribution in [0.2, 0.25) is 5.02 Å². The van der Waals surface area contributed by atoms with Crippen molar-refractivity contribution < 1.29 is 4.79 Å². The summed E-state index contributed by atoms with van der Waals surface area (Å²) >= 11 is 7.15. The number of thioether (sulfide) groups is 1. The zero-order valence-corrected chi connectivity index (χ0v) is 13.4. The first kappa shape index (κ1) is 15.8. The van der Waals surface area contributed by atoms with E-state index in [1.54, 1.807) is 16.8 Å². The highest BCUT2D eigenvalue weighted by Gasteiger charge is 2.12. The maximum atomic E-state index is 11.8. The number of benzene rings is 1. The summed E-state index contributed by atoms with van der Waals surface area (Å²) in [6, 6.07) is 7.35. The van der Waals surface area contributed by atoms with Crippen molar-refractivity contribution in [3.63, 3.8) is 0 Å². The van der Waals surface area contributed by atoms with Crippen molar-refractivity contribution >= 4 is 29.3 Å². The van der Waals surface area contributed by atoms with Gasteiger partial charge >= 0.3 is 0 Å². The molecular weight excluding hydrogens is 310 g/mol. The Morgan fingerprint density at radius 1 is 1.43 bits per heavy atom. The molecule has 0 saturated heterocycles. The molecule has 2 rings (SSSR count). The van der Waals surface area contributed by atoms with Crippen molar-refractivity contribution in [1.29, 1.82) is 0 Å². The fraction of sp³-hybridized carbons (Fsp3) is 0.385. The minimum absolute atomic E-state index is 0.0278. The van der Waals surface area contributed by atoms with E-state index in [4.69, 9.17) is 11.6 Å². The van der Waals surface area contributed by atoms with Crippen LogP contribution >= 0.6 is 23.4 Å². The van der Waals surface area contributed by atoms with Gasteiger partial charge in [0.1, 0.15) is 0 Å². The number of nitrogens with zero attached hydrogens (tertiary/aromatic N) is 4. The molecule has 0 aliphatic heterocycles. The minimum Gasteiger partial charge on any atom is -0.353 e. The molecular formula is C13H16ClN5OS. The highest BCUT2D eigenvalue weighted by molar-refractivity contribution is 7.99. The van der Waals surface area contributed by atoms with E-state index in [2.05, 4.69) is 20.8 Å². The second-order valence-electron chi connectivity index (χ2n) is 4.52. The van der Waals surface area contributed by atoms with E-state index < -0.39 is 0 Å². The summed E-state index contributed by atoms with van der Waals surface area (Å²) in [7, 11) is 0. The summed E-state index contributed by atoms with van der Waals surface area (Å²) < 4.78 is 1.58. The van der Waals surface area contributed by atoms with Gasteiger partial charge in [0.25, 0.3) is 0 Å². The third-order valence-corrected chi connectivity index (χ3v) is 4.04. The average Bonchev–Trinajstić information content (AvgIpc) is 2.94. The zero-order chi connectivity index (χ0) is 15.2. The van der Waals surface area contributed by atoms with Crippen LogP contribution in [0.5, 0.6) is 0 Å². The van der Waals surface area contributed by atoms with Crippen molar-refractivity contribution in [3.8, 4) is 5.69 Å². The van der Waals surface area contributed by atoms with E-state index in [0.29, 0.717) is 10.2 Å². The van der Waals surface area contributed by atoms with E-state index in [0.717, 1.165) is 12.1 Å². The van der Waals surface area contributed by atoms with Gasteiger partial charge in [0.15, 0.2) is 0 Å². The number of carbonyl (C=O) groups excluding carboxylic acids is 1. The SMILES string of the molecule is CCC(C)NC(=O)CSc1nnnn1-c1ccc(Cl)cc1. The van der Waals surface area contributed by atoms with Crippen LogP contribution in [0.15, 0.2) is 29.4 Å². The molecule has 0 radical (unpaired) electrons. The van der Waals surface area contributed by atoms with E-state index in [1.165, 1.54) is 11.8 Å². The number of hydrogen-bond acceptors (Lipinski definition) is 5. The van der Waals surface area contributed by atoms with Crippen LogP contribution in [0.1, 0.15) is 20.3 Å². The van der Waals surface area contributed by atoms with E-state index in [-0.39, 0.29) is 17.7 Å². The second kappa shape index (κ2) is 7.42. The first-order chi connectivity index (χ1) is 10.1. The topological polar surface area (TPSA) is 72.7 Å². The standard InChI is InChI=1S/C13H16ClN5OS/c1-3-9(2)15-12(20)8-21-13-16-17-18-19(13)11-6-4-10(14)5-7-11/h4-7,9H,3,8H2,1-2H3,(H,15,20). The van der Waals surface area contributed by atoms with Gasteiger partial charge in [-0.15, -0.1) is 5.10 Å². The normalized spacial score (nSPS) is 12.1. The Bertz CT molecular complexity index is 601. The van der Waals surface area contributed by atoms with Gasteiger partial charge in [0.2, 0.25) is 11.1 Å². The zero-order valence-electron chi connectivity index (χ0n) is 11.8. The molecule has 0 spiro atoms. The summed E-state index contributed by atoms with van der Waals surface area (Å²) in [5, 5.41) is 15.6. The van der Waals surface area contributed by atoms with Crippen molar-refractivity contribution in [2.75, 3.05) is 5.75 Å². The van der Waals surface area contributed by atoms with Crippen LogP contribution in [0.25, 0.3) is 5.69 Å². The average molecular weight is 326 g/mol. The molecule has 0 aliphatic carbocycles. The predicted octanol–water partition coefficient (Wildman–Crippen LogP) is 2.32. The molecule has 1 heterocycles. The van der Waals surface area contributed by atoms with Crippen LogP contribution in [-0.2, 0) is 4.79 Å². The molecule has 8 heteroatoms. The third kappa shape index (κ3) is 4.44. The van der Waals surface area contributed by atoms with Crippen LogP contribution in [0.3, 0.4) is 0 Å². The Balaban J connectivity index is 2.01. The van der Waals surface area contributed by atoms with Crippen LogP contribution in [0, 0.1) is 0 Å². The van der Waals surface area contributed by atoms with Crippen molar-refractivity contribution in [2.24, 2.45) is 0 Å². The largest absolute Gasteiger partial charge is 0.353 e. The van der Waals surface area contributed by atoms with Gasteiger partial charge in [-0.3, -0.25) is 4.79 Å². The highest BCUT2D eigenvalue weighted by atomic mass is 35.5. The van der Waals surface area contributed by atoms with E-state index >= 15 is 0 Å². The molecule has 2 aromatic rings. The second-order valence-corrected chi connectivity index (χ2v) is 5.89. The number of amides is 1. The van der Waals surface area contributed by atoms with Crippen molar-refractivity contribution in [1.82, 2.24) is 25.5 Å². The lowest BCUT2D eigenvalue weighted by atomic mass is 10.3. The highest BCUT2D eigenvalue weighted by Crippen LogP contribution is 2.19. The molecule has 0 saturated carbocycles. The molecule has 112 valence electrons. The summed E-state index contributed by atoms with van der Waals surface area (Å²) in [6.45, 7) is 4.00. The van der Waals surface area contributed by atoms with Crippen molar-refractivity contribution in [3.05, 3.63) is 29.3 Å². The Kier molecular flexibility index (Phi) is 5.58. The fourth-order valence-electron chi connectivity index (χ4n) is 1.56. The number of aromatic nitrogens is 4.